The first-order valence-corrected chi connectivity index (χ1v) is 9.01. The third-order valence-corrected chi connectivity index (χ3v) is 5.20. The molecule has 2 rings (SSSR count). The molecule has 1 fully saturated rings. The molecule has 1 aromatic rings. The number of anilines is 1. The number of nitrogens with one attached hydrogen (secondary N) is 1. The minimum Gasteiger partial charge on any atom is -0.352 e. The van der Waals surface area contributed by atoms with Crippen LogP contribution in [0.5, 0.6) is 0 Å². The molecule has 7 nitrogen and oxygen atoms in total. The Kier molecular flexibility index (Phi) is 5.38. The highest BCUT2D eigenvalue weighted by atomic mass is 32.2. The Labute approximate surface area is 136 Å². The van der Waals surface area contributed by atoms with Crippen LogP contribution in [-0.4, -0.2) is 58.1 Å². The van der Waals surface area contributed by atoms with Gasteiger partial charge in [-0.3, -0.25) is 9.59 Å². The molecule has 0 aromatic heterocycles. The zero-order valence-corrected chi connectivity index (χ0v) is 14.1. The second-order valence-electron chi connectivity index (χ2n) is 5.68. The highest BCUT2D eigenvalue weighted by Gasteiger charge is 2.36. The summed E-state index contributed by atoms with van der Waals surface area (Å²) >= 11 is 0. The van der Waals surface area contributed by atoms with Gasteiger partial charge in [-0.15, -0.1) is 0 Å². The van der Waals surface area contributed by atoms with Crippen LogP contribution in [0, 0.1) is 0 Å². The van der Waals surface area contributed by atoms with Crippen LogP contribution in [-0.2, 0) is 14.8 Å². The van der Waals surface area contributed by atoms with Crippen LogP contribution < -0.4 is 9.62 Å². The van der Waals surface area contributed by atoms with Crippen molar-refractivity contribution in [2.45, 2.75) is 12.8 Å². The predicted molar refractivity (Wildman–Crippen MR) is 87.8 cm³/mol. The van der Waals surface area contributed by atoms with Crippen LogP contribution in [0.3, 0.4) is 0 Å². The smallest absolute Gasteiger partial charge is 0.251 e. The molecule has 126 valence electrons. The molecule has 0 spiro atoms. The van der Waals surface area contributed by atoms with Crippen molar-refractivity contribution in [3.05, 3.63) is 29.8 Å². The molecule has 0 unspecified atom stereocenters. The number of hydrogen-bond acceptors (Lipinski definition) is 5. The van der Waals surface area contributed by atoms with Gasteiger partial charge in [-0.2, -0.15) is 0 Å². The van der Waals surface area contributed by atoms with E-state index in [0.29, 0.717) is 12.1 Å². The summed E-state index contributed by atoms with van der Waals surface area (Å²) in [4.78, 5) is 25.7. The topological polar surface area (TPSA) is 86.8 Å². The minimum absolute atomic E-state index is 0.00353. The molecule has 0 bridgehead atoms. The fourth-order valence-corrected chi connectivity index (χ4v) is 3.78. The largest absolute Gasteiger partial charge is 0.352 e. The Hall–Kier alpha value is -1.93. The van der Waals surface area contributed by atoms with Crippen LogP contribution in [0.1, 0.15) is 23.2 Å². The molecule has 1 heterocycles. The molecule has 0 saturated carbocycles. The zero-order chi connectivity index (χ0) is 17.0. The number of rotatable bonds is 6. The molecular formula is C15H21N3O4S. The van der Waals surface area contributed by atoms with E-state index in [1.807, 2.05) is 19.0 Å². The highest BCUT2D eigenvalue weighted by molar-refractivity contribution is 7.94. The molecule has 8 heteroatoms. The molecule has 1 aromatic carbocycles. The van der Waals surface area contributed by atoms with Crippen molar-refractivity contribution >= 4 is 27.5 Å². The van der Waals surface area contributed by atoms with E-state index < -0.39 is 15.9 Å². The van der Waals surface area contributed by atoms with Gasteiger partial charge >= 0.3 is 0 Å². The molecule has 0 radical (unpaired) electrons. The first-order valence-electron chi connectivity index (χ1n) is 7.40. The van der Waals surface area contributed by atoms with Crippen LogP contribution in [0.15, 0.2) is 24.3 Å². The van der Waals surface area contributed by atoms with Gasteiger partial charge in [0.15, 0.2) is 0 Å². The van der Waals surface area contributed by atoms with Crippen LogP contribution in [0.4, 0.5) is 5.69 Å². The van der Waals surface area contributed by atoms with Crippen molar-refractivity contribution in [3.63, 3.8) is 0 Å². The second kappa shape index (κ2) is 7.10. The summed E-state index contributed by atoms with van der Waals surface area (Å²) in [7, 11) is 0.363. The fraction of sp³-hybridized carbons (Fsp3) is 0.467. The van der Waals surface area contributed by atoms with Gasteiger partial charge in [-0.1, -0.05) is 0 Å². The Bertz CT molecular complexity index is 683. The predicted octanol–water partition coefficient (Wildman–Crippen LogP) is 0.435. The van der Waals surface area contributed by atoms with Crippen LogP contribution in [0.25, 0.3) is 0 Å². The summed E-state index contributed by atoms with van der Waals surface area (Å²) in [6.07, 6.45) is 0.841. The van der Waals surface area contributed by atoms with Crippen molar-refractivity contribution < 1.29 is 18.0 Å². The Morgan fingerprint density at radius 2 is 1.91 bits per heavy atom. The van der Waals surface area contributed by atoms with E-state index >= 15 is 0 Å². The van der Waals surface area contributed by atoms with E-state index in [4.69, 9.17) is 0 Å². The summed E-state index contributed by atoms with van der Waals surface area (Å²) in [6, 6.07) is 6.01. The lowest BCUT2D eigenvalue weighted by Crippen LogP contribution is -2.29. The number of carbonyl (C=O) groups excluding carboxylic acids is 2. The number of benzene rings is 1. The summed E-state index contributed by atoms with van der Waals surface area (Å²) < 4.78 is 24.5. The van der Waals surface area contributed by atoms with Crippen LogP contribution in [0.2, 0.25) is 0 Å². The third kappa shape index (κ3) is 4.29. The fourth-order valence-electron chi connectivity index (χ4n) is 2.32. The molecule has 1 N–H and O–H groups in total. The molecule has 0 atom stereocenters. The number of sulfonamides is 1. The first kappa shape index (κ1) is 17.4. The number of nitrogens with zero attached hydrogens (tertiary/aromatic N) is 2. The maximum absolute atomic E-state index is 12.0. The molecule has 2 amide bonds. The second-order valence-corrected chi connectivity index (χ2v) is 7.62. The van der Waals surface area contributed by atoms with Crippen LogP contribution >= 0.6 is 0 Å². The summed E-state index contributed by atoms with van der Waals surface area (Å²) in [5, 5.41) is 2.80. The van der Waals surface area contributed by atoms with E-state index in [9.17, 15) is 18.0 Å². The minimum atomic E-state index is -3.57. The van der Waals surface area contributed by atoms with Gasteiger partial charge in [0.25, 0.3) is 5.91 Å². The van der Waals surface area contributed by atoms with E-state index in [0.717, 1.165) is 17.3 Å². The van der Waals surface area contributed by atoms with E-state index in [2.05, 4.69) is 5.32 Å². The lowest BCUT2D eigenvalue weighted by atomic mass is 10.2. The maximum atomic E-state index is 12.0. The average Bonchev–Trinajstić information content (AvgIpc) is 2.77. The van der Waals surface area contributed by atoms with Crippen molar-refractivity contribution in [2.24, 2.45) is 0 Å². The van der Waals surface area contributed by atoms with E-state index in [1.54, 1.807) is 0 Å². The lowest BCUT2D eigenvalue weighted by molar-refractivity contribution is -0.116. The van der Waals surface area contributed by atoms with Crippen molar-refractivity contribution in [1.29, 1.82) is 0 Å². The normalized spacial score (nSPS) is 16.8. The Morgan fingerprint density at radius 1 is 1.26 bits per heavy atom. The highest BCUT2D eigenvalue weighted by Crippen LogP contribution is 2.25. The van der Waals surface area contributed by atoms with Crippen molar-refractivity contribution in [3.8, 4) is 0 Å². The Morgan fingerprint density at radius 3 is 2.43 bits per heavy atom. The van der Waals surface area contributed by atoms with Gasteiger partial charge < -0.3 is 10.2 Å². The number of amides is 2. The number of carbonyl (C=O) groups is 2. The number of hydrogen-bond donors (Lipinski definition) is 1. The molecule has 1 saturated heterocycles. The molecular weight excluding hydrogens is 318 g/mol. The molecule has 1 aliphatic heterocycles. The SMILES string of the molecule is CN(C)CCCNC(=O)c1ccc(N2C(=O)CCS2(=O)=O)cc1. The van der Waals surface area contributed by atoms with Gasteiger partial charge in [-0.05, 0) is 51.3 Å². The van der Waals surface area contributed by atoms with Gasteiger partial charge in [-0.25, -0.2) is 12.7 Å². The van der Waals surface area contributed by atoms with Gasteiger partial charge in [0.1, 0.15) is 0 Å². The summed E-state index contributed by atoms with van der Waals surface area (Å²) in [5.74, 6) is -0.822. The first-order chi connectivity index (χ1) is 10.8. The molecule has 0 aliphatic carbocycles. The van der Waals surface area contributed by atoms with Crippen molar-refractivity contribution in [2.75, 3.05) is 37.2 Å². The lowest BCUT2D eigenvalue weighted by Gasteiger charge is -2.15. The molecule has 1 aliphatic rings. The maximum Gasteiger partial charge on any atom is 0.251 e. The van der Waals surface area contributed by atoms with E-state index in [-0.39, 0.29) is 23.8 Å². The standard InChI is InChI=1S/C15H21N3O4S/c1-17(2)10-3-9-16-15(20)12-4-6-13(7-5-12)18-14(19)8-11-23(18,21)22/h4-7H,3,8-11H2,1-2H3,(H,16,20). The van der Waals surface area contributed by atoms with E-state index in [1.165, 1.54) is 24.3 Å². The summed E-state index contributed by atoms with van der Waals surface area (Å²) in [6.45, 7) is 1.45. The molecule has 23 heavy (non-hydrogen) atoms. The zero-order valence-electron chi connectivity index (χ0n) is 13.3. The Balaban J connectivity index is 1.99. The summed E-state index contributed by atoms with van der Waals surface area (Å²) in [5.41, 5.74) is 0.708. The van der Waals surface area contributed by atoms with Gasteiger partial charge in [0.05, 0.1) is 11.4 Å². The quantitative estimate of drug-likeness (QED) is 0.760. The van der Waals surface area contributed by atoms with Gasteiger partial charge in [0, 0.05) is 18.5 Å². The van der Waals surface area contributed by atoms with Crippen molar-refractivity contribution in [1.82, 2.24) is 10.2 Å². The van der Waals surface area contributed by atoms with Gasteiger partial charge in [0.2, 0.25) is 15.9 Å². The average molecular weight is 339 g/mol. The monoisotopic (exact) mass is 339 g/mol. The third-order valence-electron chi connectivity index (χ3n) is 3.51.